The third kappa shape index (κ3) is 1.15. The molecule has 0 spiro atoms. The van der Waals surface area contributed by atoms with Crippen LogP contribution in [0.25, 0.3) is 0 Å². The van der Waals surface area contributed by atoms with Crippen LogP contribution in [0.3, 0.4) is 0 Å². The second kappa shape index (κ2) is 2.25. The summed E-state index contributed by atoms with van der Waals surface area (Å²) in [4.78, 5) is 14.2. The average Bonchev–Trinajstić information content (AvgIpc) is 1.83. The quantitative estimate of drug-likeness (QED) is 0.479. The summed E-state index contributed by atoms with van der Waals surface area (Å²) < 4.78 is 12.4. The van der Waals surface area contributed by atoms with E-state index in [0.717, 1.165) is 0 Å². The van der Waals surface area contributed by atoms with E-state index in [1.807, 2.05) is 0 Å². The first kappa shape index (κ1) is 6.39. The van der Waals surface area contributed by atoms with Crippen LogP contribution in [-0.2, 0) is 4.79 Å². The van der Waals surface area contributed by atoms with Gasteiger partial charge in [0.1, 0.15) is 5.78 Å². The zero-order chi connectivity index (χ0) is 6.85. The van der Waals surface area contributed by atoms with E-state index in [4.69, 9.17) is 0 Å². The van der Waals surface area contributed by atoms with Gasteiger partial charge in [0, 0.05) is 13.0 Å². The fraction of sp³-hybridized carbons (Fsp3) is 0.667. The van der Waals surface area contributed by atoms with Crippen LogP contribution in [-0.4, -0.2) is 18.3 Å². The van der Waals surface area contributed by atoms with Gasteiger partial charge in [0.25, 0.3) is 0 Å². The highest BCUT2D eigenvalue weighted by molar-refractivity contribution is 6.02. The van der Waals surface area contributed by atoms with E-state index in [1.165, 1.54) is 0 Å². The summed E-state index contributed by atoms with van der Waals surface area (Å²) in [6.07, 6.45) is 0.397. The van der Waals surface area contributed by atoms with Crippen molar-refractivity contribution in [2.45, 2.75) is 13.3 Å². The van der Waals surface area contributed by atoms with Crippen LogP contribution in [0.2, 0.25) is 0 Å². The van der Waals surface area contributed by atoms with Crippen LogP contribution in [0.5, 0.6) is 0 Å². The van der Waals surface area contributed by atoms with Crippen molar-refractivity contribution in [3.8, 4) is 0 Å². The highest BCUT2D eigenvalue weighted by Gasteiger charge is 2.21. The zero-order valence-electron chi connectivity index (χ0n) is 5.22. The van der Waals surface area contributed by atoms with Crippen LogP contribution in [0, 0.1) is 5.92 Å². The Balaban J connectivity index is 2.74. The number of hydrogen-bond acceptors (Lipinski definition) is 2. The van der Waals surface area contributed by atoms with Gasteiger partial charge in [0.2, 0.25) is 0 Å². The fourth-order valence-electron chi connectivity index (χ4n) is 0.759. The van der Waals surface area contributed by atoms with Crippen LogP contribution in [0.15, 0.2) is 4.99 Å². The Morgan fingerprint density at radius 3 is 2.89 bits per heavy atom. The maximum absolute atomic E-state index is 12.4. The molecule has 2 nitrogen and oxygen atoms in total. The standard InChI is InChI=1S/C6H8FNO/c1-4-5(9)2-3-8-6(4)7/h4H,2-3H2,1H3. The second-order valence-electron chi connectivity index (χ2n) is 2.14. The lowest BCUT2D eigenvalue weighted by atomic mass is 10.0. The number of Topliss-reactive ketones (excluding diaryl/α,β-unsaturated/α-hetero) is 1. The predicted molar refractivity (Wildman–Crippen MR) is 32.2 cm³/mol. The Morgan fingerprint density at radius 1 is 1.78 bits per heavy atom. The molecule has 0 saturated heterocycles. The summed E-state index contributed by atoms with van der Waals surface area (Å²) >= 11 is 0. The zero-order valence-corrected chi connectivity index (χ0v) is 5.22. The number of rotatable bonds is 0. The molecule has 0 amide bonds. The van der Waals surface area contributed by atoms with E-state index < -0.39 is 11.9 Å². The van der Waals surface area contributed by atoms with E-state index in [2.05, 4.69) is 4.99 Å². The van der Waals surface area contributed by atoms with E-state index >= 15 is 0 Å². The Morgan fingerprint density at radius 2 is 2.44 bits per heavy atom. The van der Waals surface area contributed by atoms with Gasteiger partial charge in [-0.15, -0.1) is 0 Å². The van der Waals surface area contributed by atoms with Crippen LogP contribution < -0.4 is 0 Å². The molecule has 50 valence electrons. The van der Waals surface area contributed by atoms with Gasteiger partial charge in [-0.3, -0.25) is 9.79 Å². The number of nitrogens with zero attached hydrogens (tertiary/aromatic N) is 1. The monoisotopic (exact) mass is 129 g/mol. The number of hydrogen-bond donors (Lipinski definition) is 0. The number of ketones is 1. The molecule has 1 unspecified atom stereocenters. The molecule has 0 aromatic heterocycles. The number of carbonyl (C=O) groups excluding carboxylic acids is 1. The molecule has 1 heterocycles. The summed E-state index contributed by atoms with van der Waals surface area (Å²) in [6, 6.07) is 0. The molecular weight excluding hydrogens is 121 g/mol. The van der Waals surface area contributed by atoms with E-state index in [0.29, 0.717) is 13.0 Å². The summed E-state index contributed by atoms with van der Waals surface area (Å²) in [7, 11) is 0. The lowest BCUT2D eigenvalue weighted by Gasteiger charge is -2.10. The van der Waals surface area contributed by atoms with Crippen LogP contribution in [0.4, 0.5) is 4.39 Å². The lowest BCUT2D eigenvalue weighted by Crippen LogP contribution is -2.23. The highest BCUT2D eigenvalue weighted by Crippen LogP contribution is 2.10. The van der Waals surface area contributed by atoms with E-state index in [1.54, 1.807) is 6.92 Å². The van der Waals surface area contributed by atoms with Crippen LogP contribution >= 0.6 is 0 Å². The Labute approximate surface area is 52.8 Å². The molecule has 9 heavy (non-hydrogen) atoms. The molecule has 1 aliphatic heterocycles. The van der Waals surface area contributed by atoms with Crippen molar-refractivity contribution in [1.29, 1.82) is 0 Å². The lowest BCUT2D eigenvalue weighted by molar-refractivity contribution is -0.120. The van der Waals surface area contributed by atoms with Crippen molar-refractivity contribution in [3.05, 3.63) is 0 Å². The predicted octanol–water partition coefficient (Wildman–Crippen LogP) is 0.963. The summed E-state index contributed by atoms with van der Waals surface area (Å²) in [5, 5.41) is 0. The first-order valence-electron chi connectivity index (χ1n) is 2.94. The topological polar surface area (TPSA) is 29.4 Å². The Kier molecular flexibility index (Phi) is 1.60. The number of carbonyl (C=O) groups is 1. The molecular formula is C6H8FNO. The molecule has 0 saturated carbocycles. The molecule has 1 rings (SSSR count). The number of aliphatic imine (C=N–C) groups is 1. The molecule has 0 radical (unpaired) electrons. The van der Waals surface area contributed by atoms with E-state index in [-0.39, 0.29) is 5.78 Å². The molecule has 0 N–H and O–H groups in total. The Hall–Kier alpha value is -0.730. The van der Waals surface area contributed by atoms with Gasteiger partial charge in [0.05, 0.1) is 5.92 Å². The van der Waals surface area contributed by atoms with Gasteiger partial charge in [-0.05, 0) is 6.92 Å². The number of halogens is 1. The third-order valence-corrected chi connectivity index (χ3v) is 1.46. The molecule has 0 aromatic carbocycles. The molecule has 1 atom stereocenters. The van der Waals surface area contributed by atoms with E-state index in [9.17, 15) is 9.18 Å². The summed E-state index contributed by atoms with van der Waals surface area (Å²) in [5.41, 5.74) is 0. The minimum absolute atomic E-state index is 0.0394. The largest absolute Gasteiger partial charge is 0.299 e. The third-order valence-electron chi connectivity index (χ3n) is 1.46. The highest BCUT2D eigenvalue weighted by atomic mass is 19.1. The van der Waals surface area contributed by atoms with Crippen molar-refractivity contribution in [2.75, 3.05) is 6.54 Å². The molecule has 0 fully saturated rings. The normalized spacial score (nSPS) is 28.0. The van der Waals surface area contributed by atoms with Crippen molar-refractivity contribution in [3.63, 3.8) is 0 Å². The summed E-state index contributed by atoms with van der Waals surface area (Å²) in [5.74, 6) is -1.13. The minimum Gasteiger partial charge on any atom is -0.299 e. The maximum Gasteiger partial charge on any atom is 0.194 e. The van der Waals surface area contributed by atoms with Gasteiger partial charge in [0.15, 0.2) is 5.97 Å². The Bertz CT molecular complexity index is 164. The van der Waals surface area contributed by atoms with Crippen molar-refractivity contribution < 1.29 is 9.18 Å². The fourth-order valence-corrected chi connectivity index (χ4v) is 0.759. The van der Waals surface area contributed by atoms with Crippen molar-refractivity contribution >= 4 is 11.7 Å². The van der Waals surface area contributed by atoms with Gasteiger partial charge in [-0.1, -0.05) is 0 Å². The second-order valence-corrected chi connectivity index (χ2v) is 2.14. The molecule has 3 heteroatoms. The maximum atomic E-state index is 12.4. The SMILES string of the molecule is CC1C(=O)CCN=C1F. The minimum atomic E-state index is -0.584. The van der Waals surface area contributed by atoms with Crippen molar-refractivity contribution in [1.82, 2.24) is 0 Å². The van der Waals surface area contributed by atoms with Gasteiger partial charge in [-0.2, -0.15) is 4.39 Å². The average molecular weight is 129 g/mol. The smallest absolute Gasteiger partial charge is 0.194 e. The van der Waals surface area contributed by atoms with Crippen LogP contribution in [0.1, 0.15) is 13.3 Å². The first-order chi connectivity index (χ1) is 4.22. The molecule has 1 aliphatic rings. The summed E-state index contributed by atoms with van der Waals surface area (Å²) in [6.45, 7) is 1.87. The molecule has 0 bridgehead atoms. The first-order valence-corrected chi connectivity index (χ1v) is 2.94. The van der Waals surface area contributed by atoms with Gasteiger partial charge in [-0.25, -0.2) is 0 Å². The van der Waals surface area contributed by atoms with Gasteiger partial charge < -0.3 is 0 Å². The van der Waals surface area contributed by atoms with Gasteiger partial charge >= 0.3 is 0 Å². The molecule has 0 aromatic rings. The molecule has 0 aliphatic carbocycles. The van der Waals surface area contributed by atoms with Crippen molar-refractivity contribution in [2.24, 2.45) is 10.9 Å².